The number of halogens is 1. The maximum atomic E-state index is 12.0. The molecule has 0 aromatic rings. The van der Waals surface area contributed by atoms with Crippen molar-refractivity contribution in [2.75, 3.05) is 13.2 Å². The second-order valence-electron chi connectivity index (χ2n) is 12.6. The second-order valence-corrected chi connectivity index (χ2v) is 13.3. The topological polar surface area (TPSA) is 52.6 Å². The van der Waals surface area contributed by atoms with Gasteiger partial charge in [-0.25, -0.2) is 0 Å². The summed E-state index contributed by atoms with van der Waals surface area (Å²) in [5.41, 5.74) is 0. The minimum atomic E-state index is -0.492. The van der Waals surface area contributed by atoms with Crippen LogP contribution in [0.15, 0.2) is 24.3 Å². The number of hydrogen-bond acceptors (Lipinski definition) is 4. The first kappa shape index (κ1) is 42.7. The fourth-order valence-electron chi connectivity index (χ4n) is 5.28. The first-order valence-corrected chi connectivity index (χ1v) is 19.3. The number of alkyl halides is 1. The van der Waals surface area contributed by atoms with Gasteiger partial charge in [-0.05, 0) is 44.9 Å². The monoisotopic (exact) mass is 639 g/mol. The first-order valence-electron chi connectivity index (χ1n) is 18.8. The standard InChI is InChI=1S/C39H71ClO4/c1-3-5-7-9-11-13-15-17-19-21-23-25-27-29-31-33-38(41)43-35-37(40)36-44-39(42)34-32-30-28-26-24-22-20-18-16-14-12-10-8-6-4-2/h11,13,17,19,37H,3-10,12,14-16,18,20-36H2,1-2H3/b13-11+,19-17+. The van der Waals surface area contributed by atoms with Gasteiger partial charge in [0.1, 0.15) is 18.6 Å². The van der Waals surface area contributed by atoms with Gasteiger partial charge < -0.3 is 9.47 Å². The van der Waals surface area contributed by atoms with E-state index in [2.05, 4.69) is 38.2 Å². The molecule has 0 amide bonds. The zero-order valence-corrected chi connectivity index (χ0v) is 29.9. The molecule has 0 N–H and O–H groups in total. The molecule has 0 saturated carbocycles. The highest BCUT2D eigenvalue weighted by Gasteiger charge is 2.12. The van der Waals surface area contributed by atoms with Gasteiger partial charge in [0, 0.05) is 12.8 Å². The van der Waals surface area contributed by atoms with Crippen molar-refractivity contribution in [1.82, 2.24) is 0 Å². The van der Waals surface area contributed by atoms with E-state index in [-0.39, 0.29) is 25.2 Å². The molecule has 0 aliphatic rings. The molecule has 5 heteroatoms. The van der Waals surface area contributed by atoms with Crippen LogP contribution >= 0.6 is 11.6 Å². The molecule has 0 spiro atoms. The van der Waals surface area contributed by atoms with Crippen molar-refractivity contribution in [1.29, 1.82) is 0 Å². The molecule has 1 atom stereocenters. The Balaban J connectivity index is 3.44. The molecule has 0 aromatic heterocycles. The lowest BCUT2D eigenvalue weighted by atomic mass is 10.0. The molecule has 0 fully saturated rings. The Bertz CT molecular complexity index is 675. The minimum Gasteiger partial charge on any atom is -0.464 e. The van der Waals surface area contributed by atoms with Crippen molar-refractivity contribution in [3.8, 4) is 0 Å². The third-order valence-electron chi connectivity index (χ3n) is 8.17. The van der Waals surface area contributed by atoms with Crippen LogP contribution in [0.5, 0.6) is 0 Å². The maximum absolute atomic E-state index is 12.0. The molecule has 258 valence electrons. The highest BCUT2D eigenvalue weighted by molar-refractivity contribution is 6.21. The van der Waals surface area contributed by atoms with E-state index in [9.17, 15) is 9.59 Å². The van der Waals surface area contributed by atoms with E-state index in [1.54, 1.807) is 0 Å². The van der Waals surface area contributed by atoms with Crippen molar-refractivity contribution in [2.24, 2.45) is 0 Å². The van der Waals surface area contributed by atoms with Crippen LogP contribution in [0.3, 0.4) is 0 Å². The fraction of sp³-hybridized carbons (Fsp3) is 0.846. The Morgan fingerprint density at radius 1 is 0.477 bits per heavy atom. The number of esters is 2. The van der Waals surface area contributed by atoms with Gasteiger partial charge in [-0.15, -0.1) is 11.6 Å². The van der Waals surface area contributed by atoms with E-state index < -0.39 is 5.38 Å². The molecule has 0 rings (SSSR count). The van der Waals surface area contributed by atoms with Gasteiger partial charge >= 0.3 is 11.9 Å². The Kier molecular flexibility index (Phi) is 35.1. The molecular weight excluding hydrogens is 568 g/mol. The summed E-state index contributed by atoms with van der Waals surface area (Å²) in [5, 5.41) is -0.492. The average Bonchev–Trinajstić information content (AvgIpc) is 3.02. The molecule has 0 aliphatic heterocycles. The summed E-state index contributed by atoms with van der Waals surface area (Å²) < 4.78 is 10.5. The Labute approximate surface area is 278 Å². The normalized spacial score (nSPS) is 12.3. The number of unbranched alkanes of at least 4 members (excludes halogenated alkanes) is 22. The van der Waals surface area contributed by atoms with E-state index in [0.717, 1.165) is 44.9 Å². The summed E-state index contributed by atoms with van der Waals surface area (Å²) >= 11 is 6.20. The smallest absolute Gasteiger partial charge is 0.305 e. The van der Waals surface area contributed by atoms with Crippen molar-refractivity contribution < 1.29 is 19.1 Å². The molecule has 0 saturated heterocycles. The Hall–Kier alpha value is -1.29. The van der Waals surface area contributed by atoms with Gasteiger partial charge in [0.25, 0.3) is 0 Å². The van der Waals surface area contributed by atoms with Crippen molar-refractivity contribution in [2.45, 2.75) is 199 Å². The number of rotatable bonds is 34. The lowest BCUT2D eigenvalue weighted by molar-refractivity contribution is -0.146. The zero-order valence-electron chi connectivity index (χ0n) is 29.1. The molecular formula is C39H71ClO4. The van der Waals surface area contributed by atoms with Crippen LogP contribution in [-0.4, -0.2) is 30.5 Å². The van der Waals surface area contributed by atoms with Crippen LogP contribution in [0.2, 0.25) is 0 Å². The summed E-state index contributed by atoms with van der Waals surface area (Å²) in [4.78, 5) is 24.0. The molecule has 4 nitrogen and oxygen atoms in total. The zero-order chi connectivity index (χ0) is 32.2. The lowest BCUT2D eigenvalue weighted by Crippen LogP contribution is -2.21. The second kappa shape index (κ2) is 36.2. The van der Waals surface area contributed by atoms with Gasteiger partial charge in [-0.2, -0.15) is 0 Å². The lowest BCUT2D eigenvalue weighted by Gasteiger charge is -2.11. The number of carbonyl (C=O) groups is 2. The van der Waals surface area contributed by atoms with E-state index in [0.29, 0.717) is 12.8 Å². The summed E-state index contributed by atoms with van der Waals surface area (Å²) in [7, 11) is 0. The Morgan fingerprint density at radius 2 is 0.795 bits per heavy atom. The number of hydrogen-bond donors (Lipinski definition) is 0. The predicted molar refractivity (Wildman–Crippen MR) is 190 cm³/mol. The van der Waals surface area contributed by atoms with Crippen LogP contribution in [-0.2, 0) is 19.1 Å². The summed E-state index contributed by atoms with van der Waals surface area (Å²) in [6.45, 7) is 4.69. The van der Waals surface area contributed by atoms with Crippen molar-refractivity contribution >= 4 is 23.5 Å². The summed E-state index contributed by atoms with van der Waals surface area (Å²) in [5.74, 6) is -0.424. The molecule has 1 unspecified atom stereocenters. The Morgan fingerprint density at radius 3 is 1.20 bits per heavy atom. The van der Waals surface area contributed by atoms with Gasteiger partial charge in [-0.3, -0.25) is 9.59 Å². The molecule has 44 heavy (non-hydrogen) atoms. The SMILES string of the molecule is CCCCC/C=C/C/C=C/CCCCCCCC(=O)OCC(Cl)COC(=O)CCCCCCCCCCCCCCCCC. The number of allylic oxidation sites excluding steroid dienone is 4. The maximum Gasteiger partial charge on any atom is 0.305 e. The largest absolute Gasteiger partial charge is 0.464 e. The quantitative estimate of drug-likeness (QED) is 0.0304. The van der Waals surface area contributed by atoms with E-state index >= 15 is 0 Å². The van der Waals surface area contributed by atoms with Gasteiger partial charge in [0.05, 0.1) is 0 Å². The predicted octanol–water partition coefficient (Wildman–Crippen LogP) is 12.8. The number of carbonyl (C=O) groups excluding carboxylic acids is 2. The molecule has 0 heterocycles. The van der Waals surface area contributed by atoms with Gasteiger partial charge in [0.2, 0.25) is 0 Å². The van der Waals surface area contributed by atoms with E-state index in [1.807, 2.05) is 0 Å². The van der Waals surface area contributed by atoms with Gasteiger partial charge in [0.15, 0.2) is 0 Å². The van der Waals surface area contributed by atoms with Crippen LogP contribution < -0.4 is 0 Å². The molecule has 0 aromatic carbocycles. The third kappa shape index (κ3) is 35.2. The van der Waals surface area contributed by atoms with Crippen molar-refractivity contribution in [3.05, 3.63) is 24.3 Å². The van der Waals surface area contributed by atoms with E-state index in [1.165, 1.54) is 122 Å². The molecule has 0 bridgehead atoms. The number of ether oxygens (including phenoxy) is 2. The van der Waals surface area contributed by atoms with Crippen LogP contribution in [0.4, 0.5) is 0 Å². The van der Waals surface area contributed by atoms with Crippen LogP contribution in [0, 0.1) is 0 Å². The van der Waals surface area contributed by atoms with Crippen LogP contribution in [0.25, 0.3) is 0 Å². The first-order chi connectivity index (χ1) is 21.6. The minimum absolute atomic E-state index is 0.0902. The van der Waals surface area contributed by atoms with Crippen LogP contribution in [0.1, 0.15) is 194 Å². The van der Waals surface area contributed by atoms with Gasteiger partial charge in [-0.1, -0.05) is 160 Å². The van der Waals surface area contributed by atoms with E-state index in [4.69, 9.17) is 21.1 Å². The highest BCUT2D eigenvalue weighted by Crippen LogP contribution is 2.14. The highest BCUT2D eigenvalue weighted by atomic mass is 35.5. The summed E-state index contributed by atoms with van der Waals surface area (Å²) in [6.07, 6.45) is 42.3. The molecule has 0 radical (unpaired) electrons. The third-order valence-corrected chi connectivity index (χ3v) is 8.42. The average molecular weight is 639 g/mol. The van der Waals surface area contributed by atoms with Crippen molar-refractivity contribution in [3.63, 3.8) is 0 Å². The molecule has 0 aliphatic carbocycles. The summed E-state index contributed by atoms with van der Waals surface area (Å²) in [6, 6.07) is 0. The fourth-order valence-corrected chi connectivity index (χ4v) is 5.41.